The van der Waals surface area contributed by atoms with E-state index in [0.717, 1.165) is 12.1 Å². The number of nitrogens with one attached hydrogen (secondary N) is 1. The summed E-state index contributed by atoms with van der Waals surface area (Å²) >= 11 is 0. The summed E-state index contributed by atoms with van der Waals surface area (Å²) in [6, 6.07) is 7.72. The van der Waals surface area contributed by atoms with Gasteiger partial charge in [0, 0.05) is 12.5 Å². The molecule has 10 heteroatoms. The summed E-state index contributed by atoms with van der Waals surface area (Å²) < 4.78 is 51.6. The molecule has 0 unspecified atom stereocenters. The molecule has 1 amide bonds. The zero-order valence-corrected chi connectivity index (χ0v) is 15.2. The molecule has 1 saturated heterocycles. The number of hydrogen-bond acceptors (Lipinski definition) is 5. The molecule has 152 valence electrons. The quantitative estimate of drug-likeness (QED) is 0.786. The normalized spacial score (nSPS) is 15.7. The third kappa shape index (κ3) is 5.26. The van der Waals surface area contributed by atoms with Crippen LogP contribution in [0.4, 0.5) is 23.4 Å². The number of aromatic nitrogens is 2. The number of halogens is 4. The number of carbonyl (C=O) groups excluding carboxylic acids is 1. The predicted octanol–water partition coefficient (Wildman–Crippen LogP) is 3.36. The van der Waals surface area contributed by atoms with Crippen LogP contribution in [0.3, 0.4) is 0 Å². The Bertz CT molecular complexity index is 916. The van der Waals surface area contributed by atoms with E-state index < -0.39 is 17.6 Å². The van der Waals surface area contributed by atoms with E-state index in [1.807, 2.05) is 11.0 Å². The second-order valence-electron chi connectivity index (χ2n) is 6.77. The Kier molecular flexibility index (Phi) is 6.08. The van der Waals surface area contributed by atoms with E-state index in [4.69, 9.17) is 5.26 Å². The van der Waals surface area contributed by atoms with Gasteiger partial charge < -0.3 is 5.32 Å². The van der Waals surface area contributed by atoms with Gasteiger partial charge in [0.25, 0.3) is 0 Å². The van der Waals surface area contributed by atoms with Gasteiger partial charge in [-0.15, -0.1) is 10.2 Å². The first-order valence-electron chi connectivity index (χ1n) is 8.89. The summed E-state index contributed by atoms with van der Waals surface area (Å²) in [5, 5.41) is 18.8. The van der Waals surface area contributed by atoms with Gasteiger partial charge in [-0.05, 0) is 55.8 Å². The van der Waals surface area contributed by atoms with Gasteiger partial charge in [0.15, 0.2) is 11.5 Å². The van der Waals surface area contributed by atoms with E-state index >= 15 is 0 Å². The van der Waals surface area contributed by atoms with Crippen LogP contribution in [0.15, 0.2) is 30.3 Å². The van der Waals surface area contributed by atoms with Crippen molar-refractivity contribution >= 4 is 11.7 Å². The summed E-state index contributed by atoms with van der Waals surface area (Å²) in [6.45, 7) is 1.42. The lowest BCUT2D eigenvalue weighted by Crippen LogP contribution is -2.37. The van der Waals surface area contributed by atoms with Crippen LogP contribution >= 0.6 is 0 Å². The molecule has 0 atom stereocenters. The van der Waals surface area contributed by atoms with Crippen molar-refractivity contribution in [1.29, 1.82) is 5.26 Å². The molecule has 29 heavy (non-hydrogen) atoms. The Labute approximate surface area is 164 Å². The van der Waals surface area contributed by atoms with Crippen molar-refractivity contribution < 1.29 is 22.4 Å². The second kappa shape index (κ2) is 8.53. The Morgan fingerprint density at radius 1 is 1.21 bits per heavy atom. The average Bonchev–Trinajstić information content (AvgIpc) is 2.68. The molecule has 6 nitrogen and oxygen atoms in total. The fraction of sp³-hybridized carbons (Fsp3) is 0.368. The standard InChI is InChI=1S/C19H17F4N5O/c20-16-9-12(1-3-15(16)19(21,22)23)11-28-7-5-13(6-8-28)18(29)25-17-4-2-14(10-24)26-27-17/h1-4,9,13H,5-8,11H2,(H,25,27,29). The van der Waals surface area contributed by atoms with Gasteiger partial charge in [-0.1, -0.05) is 6.07 Å². The number of nitriles is 1. The Morgan fingerprint density at radius 3 is 2.48 bits per heavy atom. The number of benzene rings is 1. The fourth-order valence-corrected chi connectivity index (χ4v) is 3.19. The molecule has 1 fully saturated rings. The third-order valence-corrected chi connectivity index (χ3v) is 4.73. The molecule has 0 spiro atoms. The number of alkyl halides is 3. The molecule has 0 radical (unpaired) electrons. The van der Waals surface area contributed by atoms with Crippen LogP contribution in [-0.2, 0) is 17.5 Å². The van der Waals surface area contributed by atoms with Gasteiger partial charge in [0.2, 0.25) is 5.91 Å². The minimum atomic E-state index is -4.71. The molecule has 0 aliphatic carbocycles. The van der Waals surface area contributed by atoms with Crippen LogP contribution in [-0.4, -0.2) is 34.1 Å². The second-order valence-corrected chi connectivity index (χ2v) is 6.77. The van der Waals surface area contributed by atoms with E-state index in [9.17, 15) is 22.4 Å². The average molecular weight is 407 g/mol. The third-order valence-electron chi connectivity index (χ3n) is 4.73. The minimum Gasteiger partial charge on any atom is -0.309 e. The lowest BCUT2D eigenvalue weighted by Gasteiger charge is -2.31. The van der Waals surface area contributed by atoms with E-state index in [2.05, 4.69) is 15.5 Å². The molecule has 0 bridgehead atoms. The van der Waals surface area contributed by atoms with Gasteiger partial charge in [0.05, 0.1) is 5.56 Å². The number of amides is 1. The van der Waals surface area contributed by atoms with E-state index in [-0.39, 0.29) is 23.3 Å². The van der Waals surface area contributed by atoms with Crippen molar-refractivity contribution in [3.8, 4) is 6.07 Å². The summed E-state index contributed by atoms with van der Waals surface area (Å²) in [5.74, 6) is -1.47. The van der Waals surface area contributed by atoms with Crippen molar-refractivity contribution in [1.82, 2.24) is 15.1 Å². The zero-order valence-electron chi connectivity index (χ0n) is 15.2. The van der Waals surface area contributed by atoms with Gasteiger partial charge >= 0.3 is 6.18 Å². The summed E-state index contributed by atoms with van der Waals surface area (Å²) in [4.78, 5) is 14.3. The number of carbonyl (C=O) groups is 1. The van der Waals surface area contributed by atoms with Crippen LogP contribution < -0.4 is 5.32 Å². The predicted molar refractivity (Wildman–Crippen MR) is 94.8 cm³/mol. The minimum absolute atomic E-state index is 0.149. The lowest BCUT2D eigenvalue weighted by atomic mass is 9.95. The van der Waals surface area contributed by atoms with Gasteiger partial charge in [0.1, 0.15) is 11.9 Å². The summed E-state index contributed by atoms with van der Waals surface area (Å²) in [6.07, 6.45) is -3.61. The molecule has 1 aliphatic heterocycles. The highest BCUT2D eigenvalue weighted by Gasteiger charge is 2.34. The number of hydrogen-bond donors (Lipinski definition) is 1. The van der Waals surface area contributed by atoms with Crippen LogP contribution in [0.2, 0.25) is 0 Å². The number of nitrogens with zero attached hydrogens (tertiary/aromatic N) is 4. The van der Waals surface area contributed by atoms with E-state index in [1.165, 1.54) is 18.2 Å². The molecular weight excluding hydrogens is 390 g/mol. The van der Waals surface area contributed by atoms with E-state index in [1.54, 1.807) is 0 Å². The van der Waals surface area contributed by atoms with Crippen LogP contribution in [0.1, 0.15) is 29.7 Å². The first kappa shape index (κ1) is 20.7. The Morgan fingerprint density at radius 2 is 1.93 bits per heavy atom. The van der Waals surface area contributed by atoms with Crippen molar-refractivity contribution in [3.63, 3.8) is 0 Å². The SMILES string of the molecule is N#Cc1ccc(NC(=O)C2CCN(Cc3ccc(C(F)(F)F)c(F)c3)CC2)nn1. The lowest BCUT2D eigenvalue weighted by molar-refractivity contribution is -0.140. The maximum absolute atomic E-state index is 13.7. The van der Waals surface area contributed by atoms with Crippen molar-refractivity contribution in [2.75, 3.05) is 18.4 Å². The number of anilines is 1. The van der Waals surface area contributed by atoms with Gasteiger partial charge in [-0.25, -0.2) is 4.39 Å². The number of piperidine rings is 1. The molecule has 2 heterocycles. The number of rotatable bonds is 4. The molecule has 1 aromatic heterocycles. The van der Waals surface area contributed by atoms with Crippen LogP contribution in [0, 0.1) is 23.1 Å². The summed E-state index contributed by atoms with van der Waals surface area (Å²) in [7, 11) is 0. The molecule has 1 aliphatic rings. The topological polar surface area (TPSA) is 81.9 Å². The van der Waals surface area contributed by atoms with Crippen molar-refractivity contribution in [2.45, 2.75) is 25.6 Å². The fourth-order valence-electron chi connectivity index (χ4n) is 3.19. The van der Waals surface area contributed by atoms with Crippen molar-refractivity contribution in [2.24, 2.45) is 5.92 Å². The smallest absolute Gasteiger partial charge is 0.309 e. The molecule has 1 N–H and O–H groups in total. The molecule has 3 rings (SSSR count). The summed E-state index contributed by atoms with van der Waals surface area (Å²) in [5.41, 5.74) is -0.676. The highest BCUT2D eigenvalue weighted by Crippen LogP contribution is 2.32. The monoisotopic (exact) mass is 407 g/mol. The van der Waals surface area contributed by atoms with Crippen LogP contribution in [0.25, 0.3) is 0 Å². The highest BCUT2D eigenvalue weighted by atomic mass is 19.4. The molecule has 1 aromatic carbocycles. The molecule has 2 aromatic rings. The first-order chi connectivity index (χ1) is 13.8. The largest absolute Gasteiger partial charge is 0.419 e. The zero-order chi connectivity index (χ0) is 21.0. The van der Waals surface area contributed by atoms with Crippen molar-refractivity contribution in [3.05, 3.63) is 53.0 Å². The Hall–Kier alpha value is -3.06. The molecule has 0 saturated carbocycles. The van der Waals surface area contributed by atoms with Gasteiger partial charge in [-0.2, -0.15) is 18.4 Å². The first-order valence-corrected chi connectivity index (χ1v) is 8.89. The maximum Gasteiger partial charge on any atom is 0.419 e. The maximum atomic E-state index is 13.7. The highest BCUT2D eigenvalue weighted by molar-refractivity contribution is 5.91. The number of likely N-dealkylation sites (tertiary alicyclic amines) is 1. The molecular formula is C19H17F4N5O. The Balaban J connectivity index is 1.52. The van der Waals surface area contributed by atoms with Gasteiger partial charge in [-0.3, -0.25) is 9.69 Å². The van der Waals surface area contributed by atoms with Crippen LogP contribution in [0.5, 0.6) is 0 Å². The van der Waals surface area contributed by atoms with E-state index in [0.29, 0.717) is 38.0 Å².